The number of benzene rings is 2. The van der Waals surface area contributed by atoms with Gasteiger partial charge in [-0.25, -0.2) is 9.36 Å². The second kappa shape index (κ2) is 7.12. The van der Waals surface area contributed by atoms with E-state index < -0.39 is 0 Å². The molecule has 2 heterocycles. The van der Waals surface area contributed by atoms with Gasteiger partial charge in [0.15, 0.2) is 0 Å². The first kappa shape index (κ1) is 17.0. The van der Waals surface area contributed by atoms with Crippen molar-refractivity contribution in [1.82, 2.24) is 19.6 Å². The Balaban J connectivity index is 1.63. The van der Waals surface area contributed by atoms with Crippen molar-refractivity contribution in [2.45, 2.75) is 37.5 Å². The van der Waals surface area contributed by atoms with Gasteiger partial charge in [0.05, 0.1) is 11.4 Å². The van der Waals surface area contributed by atoms with Crippen LogP contribution in [0.2, 0.25) is 0 Å². The smallest absolute Gasteiger partial charge is 0.0648 e. The molecule has 0 saturated heterocycles. The zero-order chi connectivity index (χ0) is 18.8. The second-order valence-corrected chi connectivity index (χ2v) is 7.64. The predicted octanol–water partition coefficient (Wildman–Crippen LogP) is 5.31. The van der Waals surface area contributed by atoms with E-state index in [1.807, 2.05) is 46.3 Å². The third kappa shape index (κ3) is 2.95. The van der Waals surface area contributed by atoms with Gasteiger partial charge in [-0.15, -0.1) is 0 Å². The molecule has 4 nitrogen and oxygen atoms in total. The zero-order valence-corrected chi connectivity index (χ0v) is 15.9. The minimum Gasteiger partial charge on any atom is -0.241 e. The molecule has 1 aliphatic rings. The molecule has 140 valence electrons. The topological polar surface area (TPSA) is 35.6 Å². The van der Waals surface area contributed by atoms with Crippen molar-refractivity contribution in [1.29, 1.82) is 0 Å². The van der Waals surface area contributed by atoms with Crippen molar-refractivity contribution in [3.05, 3.63) is 96.6 Å². The molecule has 0 N–H and O–H groups in total. The van der Waals surface area contributed by atoms with Gasteiger partial charge in [-0.1, -0.05) is 43.5 Å². The molecule has 4 heteroatoms. The lowest BCUT2D eigenvalue weighted by atomic mass is 9.65. The first-order valence-corrected chi connectivity index (χ1v) is 10.1. The summed E-state index contributed by atoms with van der Waals surface area (Å²) in [5, 5.41) is 8.84. The Bertz CT molecular complexity index is 962. The Kier molecular flexibility index (Phi) is 4.32. The Morgan fingerprint density at radius 2 is 1.18 bits per heavy atom. The Morgan fingerprint density at radius 3 is 1.64 bits per heavy atom. The molecule has 5 rings (SSSR count). The molecule has 0 radical (unpaired) electrons. The molecule has 0 unspecified atom stereocenters. The highest BCUT2D eigenvalue weighted by atomic mass is 15.3. The van der Waals surface area contributed by atoms with E-state index in [2.05, 4.69) is 58.7 Å². The van der Waals surface area contributed by atoms with Crippen molar-refractivity contribution in [3.63, 3.8) is 0 Å². The summed E-state index contributed by atoms with van der Waals surface area (Å²) in [6.07, 6.45) is 13.9. The molecule has 0 amide bonds. The van der Waals surface area contributed by atoms with Gasteiger partial charge in [0.25, 0.3) is 0 Å². The molecule has 1 fully saturated rings. The van der Waals surface area contributed by atoms with Crippen LogP contribution in [-0.2, 0) is 5.41 Å². The van der Waals surface area contributed by atoms with Crippen LogP contribution in [0.15, 0.2) is 85.5 Å². The van der Waals surface area contributed by atoms with Crippen LogP contribution in [-0.4, -0.2) is 19.6 Å². The number of nitrogens with zero attached hydrogens (tertiary/aromatic N) is 4. The maximum atomic E-state index is 4.42. The lowest BCUT2D eigenvalue weighted by Crippen LogP contribution is -2.30. The quantitative estimate of drug-likeness (QED) is 0.489. The number of rotatable bonds is 4. The third-order valence-electron chi connectivity index (χ3n) is 6.04. The highest BCUT2D eigenvalue weighted by Gasteiger charge is 2.36. The SMILES string of the molecule is c1cc(-n2cccn2)cc(C2(c3cccc(-n4cccn4)c3)CCCCC2)c1. The van der Waals surface area contributed by atoms with Crippen LogP contribution in [0.3, 0.4) is 0 Å². The summed E-state index contributed by atoms with van der Waals surface area (Å²) in [4.78, 5) is 0. The minimum absolute atomic E-state index is 0.0462. The Hall–Kier alpha value is -3.14. The van der Waals surface area contributed by atoms with Gasteiger partial charge >= 0.3 is 0 Å². The van der Waals surface area contributed by atoms with Crippen LogP contribution in [0, 0.1) is 0 Å². The van der Waals surface area contributed by atoms with Crippen LogP contribution >= 0.6 is 0 Å². The summed E-state index contributed by atoms with van der Waals surface area (Å²) in [6.45, 7) is 0. The van der Waals surface area contributed by atoms with E-state index in [9.17, 15) is 0 Å². The predicted molar refractivity (Wildman–Crippen MR) is 111 cm³/mol. The summed E-state index contributed by atoms with van der Waals surface area (Å²) in [5.74, 6) is 0. The molecule has 4 aromatic rings. The van der Waals surface area contributed by atoms with E-state index in [1.54, 1.807) is 0 Å². The number of hydrogen-bond donors (Lipinski definition) is 0. The molecule has 0 spiro atoms. The van der Waals surface area contributed by atoms with Crippen molar-refractivity contribution in [2.24, 2.45) is 0 Å². The monoisotopic (exact) mass is 368 g/mol. The fourth-order valence-electron chi connectivity index (χ4n) is 4.63. The van der Waals surface area contributed by atoms with E-state index >= 15 is 0 Å². The maximum Gasteiger partial charge on any atom is 0.0648 e. The van der Waals surface area contributed by atoms with Crippen LogP contribution in [0.1, 0.15) is 43.2 Å². The number of aromatic nitrogens is 4. The van der Waals surface area contributed by atoms with Gasteiger partial charge in [-0.3, -0.25) is 0 Å². The fourth-order valence-corrected chi connectivity index (χ4v) is 4.63. The van der Waals surface area contributed by atoms with Gasteiger partial charge in [0.1, 0.15) is 0 Å². The summed E-state index contributed by atoms with van der Waals surface area (Å²) in [6, 6.07) is 21.8. The van der Waals surface area contributed by atoms with E-state index in [1.165, 1.54) is 43.2 Å². The normalized spacial score (nSPS) is 16.1. The number of hydrogen-bond acceptors (Lipinski definition) is 2. The van der Waals surface area contributed by atoms with Crippen molar-refractivity contribution >= 4 is 0 Å². The van der Waals surface area contributed by atoms with E-state index in [-0.39, 0.29) is 5.41 Å². The molecule has 0 atom stereocenters. The molecule has 28 heavy (non-hydrogen) atoms. The molecule has 1 saturated carbocycles. The highest BCUT2D eigenvalue weighted by Crippen LogP contribution is 2.45. The van der Waals surface area contributed by atoms with Crippen molar-refractivity contribution in [2.75, 3.05) is 0 Å². The maximum absolute atomic E-state index is 4.42. The molecule has 2 aromatic carbocycles. The van der Waals surface area contributed by atoms with Gasteiger partial charge in [-0.05, 0) is 60.4 Å². The van der Waals surface area contributed by atoms with Gasteiger partial charge in [0, 0.05) is 30.2 Å². The summed E-state index contributed by atoms with van der Waals surface area (Å²) < 4.78 is 3.89. The zero-order valence-electron chi connectivity index (χ0n) is 15.9. The van der Waals surface area contributed by atoms with E-state index in [0.717, 1.165) is 11.4 Å². The van der Waals surface area contributed by atoms with Gasteiger partial charge in [0.2, 0.25) is 0 Å². The molecular weight excluding hydrogens is 344 g/mol. The van der Waals surface area contributed by atoms with Crippen molar-refractivity contribution in [3.8, 4) is 11.4 Å². The van der Waals surface area contributed by atoms with Crippen LogP contribution in [0.5, 0.6) is 0 Å². The molecule has 0 aliphatic heterocycles. The molecular formula is C24H24N4. The average Bonchev–Trinajstić information content (AvgIpc) is 3.49. The summed E-state index contributed by atoms with van der Waals surface area (Å²) >= 11 is 0. The Morgan fingerprint density at radius 1 is 0.643 bits per heavy atom. The van der Waals surface area contributed by atoms with Gasteiger partial charge in [-0.2, -0.15) is 10.2 Å². The second-order valence-electron chi connectivity index (χ2n) is 7.64. The fraction of sp³-hybridized carbons (Fsp3) is 0.250. The first-order valence-electron chi connectivity index (χ1n) is 10.1. The molecule has 0 bridgehead atoms. The molecule has 1 aliphatic carbocycles. The lowest BCUT2D eigenvalue weighted by molar-refractivity contribution is 0.346. The highest BCUT2D eigenvalue weighted by molar-refractivity contribution is 5.48. The lowest BCUT2D eigenvalue weighted by Gasteiger charge is -2.39. The standard InChI is InChI=1S/C24H24N4/c1-2-12-24(13-3-1,20-8-4-10-22(18-20)27-16-6-14-25-27)21-9-5-11-23(19-21)28-17-7-15-26-28/h4-11,14-19H,1-3,12-13H2. The molecule has 2 aromatic heterocycles. The van der Waals surface area contributed by atoms with E-state index in [0.29, 0.717) is 0 Å². The van der Waals surface area contributed by atoms with Crippen LogP contribution < -0.4 is 0 Å². The largest absolute Gasteiger partial charge is 0.241 e. The average molecular weight is 368 g/mol. The van der Waals surface area contributed by atoms with Gasteiger partial charge < -0.3 is 0 Å². The third-order valence-corrected chi connectivity index (χ3v) is 6.04. The summed E-state index contributed by atoms with van der Waals surface area (Å²) in [7, 11) is 0. The van der Waals surface area contributed by atoms with Crippen molar-refractivity contribution < 1.29 is 0 Å². The van der Waals surface area contributed by atoms with E-state index in [4.69, 9.17) is 0 Å². The minimum atomic E-state index is 0.0462. The summed E-state index contributed by atoms with van der Waals surface area (Å²) in [5.41, 5.74) is 5.06. The van der Waals surface area contributed by atoms with Crippen LogP contribution in [0.4, 0.5) is 0 Å². The Labute approximate surface area is 165 Å². The first-order chi connectivity index (χ1) is 13.9. The van der Waals surface area contributed by atoms with Crippen LogP contribution in [0.25, 0.3) is 11.4 Å².